The lowest BCUT2D eigenvalue weighted by Crippen LogP contribution is -2.46. The van der Waals surface area contributed by atoms with E-state index >= 15 is 0 Å². The van der Waals surface area contributed by atoms with Gasteiger partial charge in [-0.05, 0) is 55.9 Å². The number of fused-ring (bicyclic) bond motifs is 2. The molecule has 0 unspecified atom stereocenters. The predicted molar refractivity (Wildman–Crippen MR) is 96.8 cm³/mol. The molecule has 0 aromatic heterocycles. The minimum atomic E-state index is -0.143. The number of ether oxygens (including phenoxy) is 1. The number of rotatable bonds is 4. The maximum Gasteiger partial charge on any atom is 0.0960 e. The number of hydroxylamine groups is 2. The van der Waals surface area contributed by atoms with Crippen molar-refractivity contribution in [1.82, 2.24) is 9.96 Å². The van der Waals surface area contributed by atoms with Crippen LogP contribution in [0.3, 0.4) is 0 Å². The van der Waals surface area contributed by atoms with Crippen LogP contribution in [0.1, 0.15) is 36.5 Å². The summed E-state index contributed by atoms with van der Waals surface area (Å²) in [5.41, 5.74) is 4.90. The summed E-state index contributed by atoms with van der Waals surface area (Å²) in [6, 6.07) is 4.56. The van der Waals surface area contributed by atoms with Crippen molar-refractivity contribution in [2.75, 3.05) is 40.4 Å². The molecule has 5 nitrogen and oxygen atoms in total. The summed E-state index contributed by atoms with van der Waals surface area (Å²) in [6.45, 7) is 7.85. The van der Waals surface area contributed by atoms with E-state index in [0.29, 0.717) is 0 Å². The summed E-state index contributed by atoms with van der Waals surface area (Å²) in [4.78, 5) is 12.1. The molecule has 0 N–H and O–H groups in total. The van der Waals surface area contributed by atoms with Crippen LogP contribution in [0, 0.1) is 6.92 Å². The first kappa shape index (κ1) is 17.4. The summed E-state index contributed by atoms with van der Waals surface area (Å²) in [5.74, 6) is 0. The first-order chi connectivity index (χ1) is 11.6. The fourth-order valence-corrected chi connectivity index (χ4v) is 3.63. The number of aryl methyl sites for hydroxylation is 1. The highest BCUT2D eigenvalue weighted by Crippen LogP contribution is 2.43. The van der Waals surface area contributed by atoms with Crippen LogP contribution in [0.4, 0.5) is 5.69 Å². The molecule has 1 aromatic carbocycles. The molecular formula is C19H29N3O2. The predicted octanol–water partition coefficient (Wildman–Crippen LogP) is 3.03. The summed E-state index contributed by atoms with van der Waals surface area (Å²) in [6.07, 6.45) is 4.85. The Kier molecular flexibility index (Phi) is 5.23. The lowest BCUT2D eigenvalue weighted by Gasteiger charge is -2.44. The first-order valence-electron chi connectivity index (χ1n) is 8.89. The molecule has 1 aromatic rings. The smallest absolute Gasteiger partial charge is 0.0960 e. The van der Waals surface area contributed by atoms with Crippen LogP contribution >= 0.6 is 0 Å². The molecule has 0 radical (unpaired) electrons. The maximum atomic E-state index is 6.31. The Morgan fingerprint density at radius 1 is 1.38 bits per heavy atom. The third kappa shape index (κ3) is 3.34. The van der Waals surface area contributed by atoms with Crippen LogP contribution in [0.15, 0.2) is 17.1 Å². The maximum absolute atomic E-state index is 6.31. The number of benzene rings is 1. The molecule has 0 atom stereocenters. The van der Waals surface area contributed by atoms with Gasteiger partial charge >= 0.3 is 0 Å². The fraction of sp³-hybridized carbons (Fsp3) is 0.632. The molecule has 0 amide bonds. The van der Waals surface area contributed by atoms with Gasteiger partial charge in [0.25, 0.3) is 0 Å². The van der Waals surface area contributed by atoms with Gasteiger partial charge < -0.3 is 14.5 Å². The van der Waals surface area contributed by atoms with Crippen LogP contribution in [0.5, 0.6) is 0 Å². The Balaban J connectivity index is 1.89. The second-order valence-corrected chi connectivity index (χ2v) is 6.82. The monoisotopic (exact) mass is 331 g/mol. The molecule has 24 heavy (non-hydrogen) atoms. The summed E-state index contributed by atoms with van der Waals surface area (Å²) in [5, 5.41) is 2.02. The van der Waals surface area contributed by atoms with Crippen molar-refractivity contribution in [2.45, 2.75) is 38.7 Å². The largest absolute Gasteiger partial charge is 0.370 e. The van der Waals surface area contributed by atoms with Crippen LogP contribution in [-0.4, -0.2) is 56.7 Å². The van der Waals surface area contributed by atoms with Crippen LogP contribution in [0.2, 0.25) is 0 Å². The molecule has 1 spiro atoms. The van der Waals surface area contributed by atoms with Gasteiger partial charge in [0.1, 0.15) is 0 Å². The van der Waals surface area contributed by atoms with Crippen molar-refractivity contribution >= 4 is 12.0 Å². The lowest BCUT2D eigenvalue weighted by molar-refractivity contribution is -0.190. The van der Waals surface area contributed by atoms with Gasteiger partial charge in [0.15, 0.2) is 0 Å². The van der Waals surface area contributed by atoms with E-state index < -0.39 is 0 Å². The first-order valence-corrected chi connectivity index (χ1v) is 8.89. The molecule has 132 valence electrons. The van der Waals surface area contributed by atoms with Crippen LogP contribution < -0.4 is 0 Å². The van der Waals surface area contributed by atoms with E-state index in [1.807, 2.05) is 18.4 Å². The minimum absolute atomic E-state index is 0.143. The van der Waals surface area contributed by atoms with Crippen LogP contribution in [-0.2, 0) is 21.6 Å². The third-order valence-corrected chi connectivity index (χ3v) is 5.34. The van der Waals surface area contributed by atoms with E-state index in [4.69, 9.17) is 9.57 Å². The zero-order valence-electron chi connectivity index (χ0n) is 15.3. The average molecular weight is 331 g/mol. The van der Waals surface area contributed by atoms with Crippen molar-refractivity contribution in [3.8, 4) is 0 Å². The number of aliphatic imine (C=N–C) groups is 1. The quantitative estimate of drug-likeness (QED) is 0.628. The van der Waals surface area contributed by atoms with E-state index in [2.05, 4.69) is 35.9 Å². The van der Waals surface area contributed by atoms with Crippen molar-refractivity contribution < 1.29 is 9.57 Å². The van der Waals surface area contributed by atoms with Gasteiger partial charge in [0.2, 0.25) is 0 Å². The Morgan fingerprint density at radius 3 is 2.79 bits per heavy atom. The van der Waals surface area contributed by atoms with E-state index in [1.165, 1.54) is 16.7 Å². The van der Waals surface area contributed by atoms with Crippen molar-refractivity contribution in [2.24, 2.45) is 4.99 Å². The standard InChI is InChI=1S/C19H29N3O2/c1-5-21(3)14-20-18-13-16-6-11-24-19(17(16)12-15(18)2)7-9-22(23-4)10-8-19/h12-14H,5-11H2,1-4H3. The van der Waals surface area contributed by atoms with Gasteiger partial charge in [-0.15, -0.1) is 0 Å². The van der Waals surface area contributed by atoms with Gasteiger partial charge in [-0.3, -0.25) is 0 Å². The summed E-state index contributed by atoms with van der Waals surface area (Å²) >= 11 is 0. The number of nitrogens with zero attached hydrogens (tertiary/aromatic N) is 3. The zero-order valence-corrected chi connectivity index (χ0v) is 15.3. The molecule has 2 heterocycles. The van der Waals surface area contributed by atoms with Gasteiger partial charge in [0.05, 0.1) is 31.3 Å². The molecule has 1 saturated heterocycles. The zero-order chi connectivity index (χ0) is 17.2. The highest BCUT2D eigenvalue weighted by Gasteiger charge is 2.41. The van der Waals surface area contributed by atoms with Crippen LogP contribution in [0.25, 0.3) is 0 Å². The molecular weight excluding hydrogens is 302 g/mol. The van der Waals surface area contributed by atoms with E-state index in [0.717, 1.165) is 51.2 Å². The Hall–Kier alpha value is -1.43. The highest BCUT2D eigenvalue weighted by atomic mass is 16.7. The summed E-state index contributed by atoms with van der Waals surface area (Å²) < 4.78 is 6.31. The number of hydrogen-bond donors (Lipinski definition) is 0. The molecule has 5 heteroatoms. The number of piperidine rings is 1. The van der Waals surface area contributed by atoms with Crippen molar-refractivity contribution in [3.63, 3.8) is 0 Å². The van der Waals surface area contributed by atoms with Crippen molar-refractivity contribution in [3.05, 3.63) is 28.8 Å². The molecule has 2 aliphatic rings. The normalized spacial score (nSPS) is 20.5. The van der Waals surface area contributed by atoms with Crippen molar-refractivity contribution in [1.29, 1.82) is 0 Å². The Bertz CT molecular complexity index is 607. The Morgan fingerprint density at radius 2 is 2.12 bits per heavy atom. The topological polar surface area (TPSA) is 37.3 Å². The van der Waals surface area contributed by atoms with Gasteiger partial charge in [-0.1, -0.05) is 6.07 Å². The van der Waals surface area contributed by atoms with E-state index in [9.17, 15) is 0 Å². The lowest BCUT2D eigenvalue weighted by atomic mass is 9.79. The van der Waals surface area contributed by atoms with Gasteiger partial charge in [-0.25, -0.2) is 4.99 Å². The van der Waals surface area contributed by atoms with Gasteiger partial charge in [0, 0.05) is 26.7 Å². The molecule has 0 bridgehead atoms. The second kappa shape index (κ2) is 7.21. The highest BCUT2D eigenvalue weighted by molar-refractivity contribution is 5.64. The molecule has 2 aliphatic heterocycles. The molecule has 0 saturated carbocycles. The summed E-state index contributed by atoms with van der Waals surface area (Å²) in [7, 11) is 3.79. The molecule has 0 aliphatic carbocycles. The van der Waals surface area contributed by atoms with Gasteiger partial charge in [-0.2, -0.15) is 5.06 Å². The second-order valence-electron chi connectivity index (χ2n) is 6.82. The fourth-order valence-electron chi connectivity index (χ4n) is 3.63. The van der Waals surface area contributed by atoms with E-state index in [-0.39, 0.29) is 5.60 Å². The number of hydrogen-bond acceptors (Lipinski definition) is 4. The van der Waals surface area contributed by atoms with E-state index in [1.54, 1.807) is 7.11 Å². The average Bonchev–Trinajstić information content (AvgIpc) is 2.61. The SMILES string of the molecule is CCN(C)C=Nc1cc2c(cc1C)C1(CCN(OC)CC1)OCC2. The Labute approximate surface area is 145 Å². The molecule has 3 rings (SSSR count). The third-order valence-electron chi connectivity index (χ3n) is 5.34. The molecule has 1 fully saturated rings. The minimum Gasteiger partial charge on any atom is -0.370 e.